The lowest BCUT2D eigenvalue weighted by Crippen LogP contribution is -2.06. The van der Waals surface area contributed by atoms with Crippen LogP contribution in [-0.4, -0.2) is 19.1 Å². The minimum absolute atomic E-state index is 0.231. The fourth-order valence-corrected chi connectivity index (χ4v) is 1.17. The highest BCUT2D eigenvalue weighted by molar-refractivity contribution is 6.22. The number of nitrogens with zero attached hydrogens (tertiary/aromatic N) is 1. The first-order valence-electron chi connectivity index (χ1n) is 4.50. The van der Waals surface area contributed by atoms with Gasteiger partial charge in [-0.15, -0.1) is 11.6 Å². The standard InChI is InChI=1S/C11H12ClNO2/c1-14-11-4-2-3-9(5-11)7-15-8-10(12)6-13/h2-5,10H,7-8H2,1H3. The smallest absolute Gasteiger partial charge is 0.143 e. The predicted molar refractivity (Wildman–Crippen MR) is 57.9 cm³/mol. The average Bonchev–Trinajstić information content (AvgIpc) is 2.29. The van der Waals surface area contributed by atoms with Crippen molar-refractivity contribution in [1.82, 2.24) is 0 Å². The van der Waals surface area contributed by atoms with Crippen molar-refractivity contribution in [3.63, 3.8) is 0 Å². The van der Waals surface area contributed by atoms with Crippen LogP contribution in [0, 0.1) is 11.3 Å². The molecule has 1 unspecified atom stereocenters. The van der Waals surface area contributed by atoms with Crippen LogP contribution in [0.3, 0.4) is 0 Å². The van der Waals surface area contributed by atoms with Crippen molar-refractivity contribution in [2.24, 2.45) is 0 Å². The maximum Gasteiger partial charge on any atom is 0.143 e. The van der Waals surface area contributed by atoms with E-state index in [1.807, 2.05) is 30.3 Å². The Morgan fingerprint density at radius 1 is 1.53 bits per heavy atom. The molecule has 0 N–H and O–H groups in total. The number of halogens is 1. The second-order valence-electron chi connectivity index (χ2n) is 2.96. The first-order valence-corrected chi connectivity index (χ1v) is 4.94. The summed E-state index contributed by atoms with van der Waals surface area (Å²) in [5.41, 5.74) is 0.996. The van der Waals surface area contributed by atoms with Gasteiger partial charge in [-0.1, -0.05) is 12.1 Å². The average molecular weight is 226 g/mol. The highest BCUT2D eigenvalue weighted by atomic mass is 35.5. The summed E-state index contributed by atoms with van der Waals surface area (Å²) in [5.74, 6) is 0.791. The molecule has 1 aromatic carbocycles. The Morgan fingerprint density at radius 2 is 2.33 bits per heavy atom. The minimum atomic E-state index is -0.587. The van der Waals surface area contributed by atoms with E-state index in [1.54, 1.807) is 7.11 Å². The molecule has 0 heterocycles. The van der Waals surface area contributed by atoms with Crippen LogP contribution >= 0.6 is 11.6 Å². The second kappa shape index (κ2) is 6.28. The quantitative estimate of drug-likeness (QED) is 0.723. The molecule has 0 saturated heterocycles. The molecule has 1 aromatic rings. The number of benzene rings is 1. The van der Waals surface area contributed by atoms with E-state index < -0.39 is 5.38 Å². The summed E-state index contributed by atoms with van der Waals surface area (Å²) in [6.45, 7) is 0.664. The zero-order valence-corrected chi connectivity index (χ0v) is 9.20. The van der Waals surface area contributed by atoms with Gasteiger partial charge in [0.1, 0.15) is 11.1 Å². The van der Waals surface area contributed by atoms with E-state index in [0.717, 1.165) is 11.3 Å². The molecule has 4 heteroatoms. The number of alkyl halides is 1. The molecule has 0 aliphatic heterocycles. The van der Waals surface area contributed by atoms with Crippen molar-refractivity contribution >= 4 is 11.6 Å². The van der Waals surface area contributed by atoms with E-state index in [1.165, 1.54) is 0 Å². The van der Waals surface area contributed by atoms with Gasteiger partial charge >= 0.3 is 0 Å². The predicted octanol–water partition coefficient (Wildman–Crippen LogP) is 2.34. The Morgan fingerprint density at radius 3 is 3.00 bits per heavy atom. The molecular formula is C11H12ClNO2. The summed E-state index contributed by atoms with van der Waals surface area (Å²) in [6, 6.07) is 9.46. The molecule has 80 valence electrons. The van der Waals surface area contributed by atoms with Crippen molar-refractivity contribution in [1.29, 1.82) is 5.26 Å². The van der Waals surface area contributed by atoms with Crippen molar-refractivity contribution in [3.05, 3.63) is 29.8 Å². The van der Waals surface area contributed by atoms with Crippen LogP contribution in [0.15, 0.2) is 24.3 Å². The molecule has 0 aromatic heterocycles. The number of ether oxygens (including phenoxy) is 2. The van der Waals surface area contributed by atoms with Gasteiger partial charge in [-0.2, -0.15) is 5.26 Å². The Bertz CT molecular complexity index is 349. The molecule has 0 fully saturated rings. The summed E-state index contributed by atoms with van der Waals surface area (Å²) in [6.07, 6.45) is 0. The fourth-order valence-electron chi connectivity index (χ4n) is 1.08. The topological polar surface area (TPSA) is 42.2 Å². The Kier molecular flexibility index (Phi) is 4.96. The molecule has 0 bridgehead atoms. The molecule has 15 heavy (non-hydrogen) atoms. The van der Waals surface area contributed by atoms with Crippen LogP contribution < -0.4 is 4.74 Å². The SMILES string of the molecule is COc1cccc(COCC(Cl)C#N)c1. The van der Waals surface area contributed by atoms with Crippen LogP contribution in [0.2, 0.25) is 0 Å². The highest BCUT2D eigenvalue weighted by Crippen LogP contribution is 2.13. The molecule has 3 nitrogen and oxygen atoms in total. The van der Waals surface area contributed by atoms with Crippen molar-refractivity contribution in [2.45, 2.75) is 12.0 Å². The zero-order chi connectivity index (χ0) is 11.1. The molecule has 1 rings (SSSR count). The normalized spacial score (nSPS) is 11.8. The third kappa shape index (κ3) is 4.20. The van der Waals surface area contributed by atoms with Gasteiger partial charge in [0.05, 0.1) is 26.4 Å². The maximum atomic E-state index is 8.43. The summed E-state index contributed by atoms with van der Waals surface area (Å²) in [5, 5.41) is 7.84. The molecule has 0 aliphatic rings. The van der Waals surface area contributed by atoms with Gasteiger partial charge in [0, 0.05) is 0 Å². The van der Waals surface area contributed by atoms with Gasteiger partial charge in [0.2, 0.25) is 0 Å². The maximum absolute atomic E-state index is 8.43. The second-order valence-corrected chi connectivity index (χ2v) is 3.49. The van der Waals surface area contributed by atoms with Crippen molar-refractivity contribution in [2.75, 3.05) is 13.7 Å². The van der Waals surface area contributed by atoms with Gasteiger partial charge in [-0.05, 0) is 17.7 Å². The summed E-state index contributed by atoms with van der Waals surface area (Å²) in [7, 11) is 1.62. The minimum Gasteiger partial charge on any atom is -0.497 e. The van der Waals surface area contributed by atoms with E-state index in [4.69, 9.17) is 26.3 Å². The summed E-state index contributed by atoms with van der Waals surface area (Å²) in [4.78, 5) is 0. The Balaban J connectivity index is 2.41. The first kappa shape index (κ1) is 11.8. The lowest BCUT2D eigenvalue weighted by molar-refractivity contribution is 0.128. The zero-order valence-electron chi connectivity index (χ0n) is 8.44. The molecular weight excluding hydrogens is 214 g/mol. The van der Waals surface area contributed by atoms with E-state index in [9.17, 15) is 0 Å². The number of hydrogen-bond acceptors (Lipinski definition) is 3. The molecule has 0 saturated carbocycles. The highest BCUT2D eigenvalue weighted by Gasteiger charge is 2.02. The van der Waals surface area contributed by atoms with Gasteiger partial charge in [-0.3, -0.25) is 0 Å². The largest absolute Gasteiger partial charge is 0.497 e. The van der Waals surface area contributed by atoms with Gasteiger partial charge < -0.3 is 9.47 Å². The van der Waals surface area contributed by atoms with E-state index in [0.29, 0.717) is 6.61 Å². The van der Waals surface area contributed by atoms with E-state index in [2.05, 4.69) is 0 Å². The lowest BCUT2D eigenvalue weighted by Gasteiger charge is -2.06. The third-order valence-corrected chi connectivity index (χ3v) is 2.03. The lowest BCUT2D eigenvalue weighted by atomic mass is 10.2. The van der Waals surface area contributed by atoms with Gasteiger partial charge in [-0.25, -0.2) is 0 Å². The van der Waals surface area contributed by atoms with Crippen molar-refractivity contribution in [3.8, 4) is 11.8 Å². The monoisotopic (exact) mass is 225 g/mol. The van der Waals surface area contributed by atoms with Crippen LogP contribution in [0.25, 0.3) is 0 Å². The number of rotatable bonds is 5. The van der Waals surface area contributed by atoms with Crippen LogP contribution in [0.1, 0.15) is 5.56 Å². The van der Waals surface area contributed by atoms with Gasteiger partial charge in [0.25, 0.3) is 0 Å². The molecule has 0 radical (unpaired) electrons. The summed E-state index contributed by atoms with van der Waals surface area (Å²) < 4.78 is 10.3. The van der Waals surface area contributed by atoms with Gasteiger partial charge in [0.15, 0.2) is 0 Å². The Hall–Kier alpha value is -1.24. The molecule has 0 aliphatic carbocycles. The number of hydrogen-bond donors (Lipinski definition) is 0. The fraction of sp³-hybridized carbons (Fsp3) is 0.364. The molecule has 0 spiro atoms. The Labute approximate surface area is 94.2 Å². The molecule has 1 atom stereocenters. The first-order chi connectivity index (χ1) is 7.26. The van der Waals surface area contributed by atoms with Crippen LogP contribution in [0.4, 0.5) is 0 Å². The third-order valence-electron chi connectivity index (χ3n) is 1.81. The number of methoxy groups -OCH3 is 1. The van der Waals surface area contributed by atoms with E-state index >= 15 is 0 Å². The van der Waals surface area contributed by atoms with Crippen molar-refractivity contribution < 1.29 is 9.47 Å². The summed E-state index contributed by atoms with van der Waals surface area (Å²) >= 11 is 5.58. The van der Waals surface area contributed by atoms with Crippen LogP contribution in [0.5, 0.6) is 5.75 Å². The van der Waals surface area contributed by atoms with E-state index in [-0.39, 0.29) is 6.61 Å². The van der Waals surface area contributed by atoms with Crippen LogP contribution in [-0.2, 0) is 11.3 Å². The number of nitriles is 1. The molecule has 0 amide bonds.